The first kappa shape index (κ1) is 16.2. The van der Waals surface area contributed by atoms with Crippen LogP contribution in [0.5, 0.6) is 0 Å². The van der Waals surface area contributed by atoms with Gasteiger partial charge >= 0.3 is 0 Å². The number of nitrogens with zero attached hydrogens (tertiary/aromatic N) is 4. The number of aromatic nitrogens is 3. The predicted molar refractivity (Wildman–Crippen MR) is 88.9 cm³/mol. The van der Waals surface area contributed by atoms with Crippen molar-refractivity contribution in [1.82, 2.24) is 14.9 Å². The van der Waals surface area contributed by atoms with Gasteiger partial charge in [0.25, 0.3) is 0 Å². The summed E-state index contributed by atoms with van der Waals surface area (Å²) in [6, 6.07) is 3.94. The van der Waals surface area contributed by atoms with Gasteiger partial charge in [0.2, 0.25) is 5.16 Å². The quantitative estimate of drug-likeness (QED) is 0.589. The van der Waals surface area contributed by atoms with E-state index < -0.39 is 5.97 Å². The maximum absolute atomic E-state index is 10.7. The molecule has 1 fully saturated rings. The summed E-state index contributed by atoms with van der Waals surface area (Å²) >= 11 is 2.69. The highest BCUT2D eigenvalue weighted by molar-refractivity contribution is 7.99. The summed E-state index contributed by atoms with van der Waals surface area (Å²) in [7, 11) is 0. The number of thioether (sulfide) groups is 1. The molecule has 0 N–H and O–H groups in total. The molecule has 0 atom stereocenters. The smallest absolute Gasteiger partial charge is 0.212 e. The second kappa shape index (κ2) is 7.74. The standard InChI is InChI=1S/C15H18N4O2S2/c20-13(21)10-23-15-18-17-14(11-5-2-1-3-6-11)19(15)16-9-12-7-4-8-22-12/h4,7-9,11H,1-3,5-6,10H2,(H,20,21)/p-1/b16-9-. The monoisotopic (exact) mass is 349 g/mol. The van der Waals surface area contributed by atoms with Gasteiger partial charge in [-0.2, -0.15) is 9.78 Å². The Bertz CT molecular complexity index is 676. The minimum absolute atomic E-state index is 0.155. The first-order valence-electron chi connectivity index (χ1n) is 7.60. The lowest BCUT2D eigenvalue weighted by atomic mass is 9.89. The highest BCUT2D eigenvalue weighted by atomic mass is 32.2. The van der Waals surface area contributed by atoms with Gasteiger partial charge in [0.05, 0.1) is 12.2 Å². The zero-order chi connectivity index (χ0) is 16.1. The second-order valence-corrected chi connectivity index (χ2v) is 7.33. The zero-order valence-electron chi connectivity index (χ0n) is 12.6. The van der Waals surface area contributed by atoms with Gasteiger partial charge in [-0.3, -0.25) is 0 Å². The third kappa shape index (κ3) is 4.20. The Labute approximate surface area is 142 Å². The fourth-order valence-electron chi connectivity index (χ4n) is 2.69. The van der Waals surface area contributed by atoms with E-state index in [2.05, 4.69) is 15.3 Å². The molecule has 2 heterocycles. The van der Waals surface area contributed by atoms with E-state index in [1.807, 2.05) is 17.5 Å². The molecular weight excluding hydrogens is 332 g/mol. The van der Waals surface area contributed by atoms with Gasteiger partial charge in [-0.15, -0.1) is 21.5 Å². The Morgan fingerprint density at radius 1 is 1.43 bits per heavy atom. The largest absolute Gasteiger partial charge is 0.549 e. The molecule has 122 valence electrons. The van der Waals surface area contributed by atoms with E-state index in [9.17, 15) is 9.90 Å². The van der Waals surface area contributed by atoms with Gasteiger partial charge in [-0.1, -0.05) is 37.1 Å². The van der Waals surface area contributed by atoms with Crippen LogP contribution in [-0.2, 0) is 4.79 Å². The van der Waals surface area contributed by atoms with Crippen LogP contribution in [0.4, 0.5) is 0 Å². The van der Waals surface area contributed by atoms with Crippen molar-refractivity contribution in [3.63, 3.8) is 0 Å². The summed E-state index contributed by atoms with van der Waals surface area (Å²) in [6.45, 7) is 0. The Morgan fingerprint density at radius 2 is 2.26 bits per heavy atom. The second-order valence-electron chi connectivity index (χ2n) is 5.41. The zero-order valence-corrected chi connectivity index (χ0v) is 14.2. The van der Waals surface area contributed by atoms with Crippen LogP contribution in [0.2, 0.25) is 0 Å². The third-order valence-corrected chi connectivity index (χ3v) is 5.47. The number of carboxylic acid groups (broad SMARTS) is 1. The van der Waals surface area contributed by atoms with Crippen molar-refractivity contribution in [2.24, 2.45) is 5.10 Å². The summed E-state index contributed by atoms with van der Waals surface area (Å²) in [4.78, 5) is 11.7. The van der Waals surface area contributed by atoms with Crippen LogP contribution < -0.4 is 5.11 Å². The number of hydrogen-bond acceptors (Lipinski definition) is 7. The first-order valence-corrected chi connectivity index (χ1v) is 9.46. The molecule has 6 nitrogen and oxygen atoms in total. The third-order valence-electron chi connectivity index (χ3n) is 3.77. The van der Waals surface area contributed by atoms with Crippen molar-refractivity contribution in [3.05, 3.63) is 28.2 Å². The van der Waals surface area contributed by atoms with E-state index in [1.165, 1.54) is 19.3 Å². The van der Waals surface area contributed by atoms with Gasteiger partial charge in [0.15, 0.2) is 5.82 Å². The fourth-order valence-corrected chi connectivity index (χ4v) is 3.88. The van der Waals surface area contributed by atoms with Crippen LogP contribution >= 0.6 is 23.1 Å². The summed E-state index contributed by atoms with van der Waals surface area (Å²) in [6.07, 6.45) is 7.57. The van der Waals surface area contributed by atoms with Gasteiger partial charge in [0.1, 0.15) is 0 Å². The van der Waals surface area contributed by atoms with Gasteiger partial charge in [-0.05, 0) is 24.3 Å². The molecule has 8 heteroatoms. The minimum Gasteiger partial charge on any atom is -0.549 e. The average Bonchev–Trinajstić information content (AvgIpc) is 3.21. The number of carbonyl (C=O) groups is 1. The Balaban J connectivity index is 1.87. The van der Waals surface area contributed by atoms with Crippen LogP contribution in [-0.4, -0.2) is 32.8 Å². The first-order chi connectivity index (χ1) is 11.2. The van der Waals surface area contributed by atoms with E-state index in [0.29, 0.717) is 11.1 Å². The lowest BCUT2D eigenvalue weighted by molar-refractivity contribution is -0.301. The molecule has 0 unspecified atom stereocenters. The summed E-state index contributed by atoms with van der Waals surface area (Å²) in [5.74, 6) is -0.101. The molecule has 1 saturated carbocycles. The van der Waals surface area contributed by atoms with Crippen molar-refractivity contribution in [3.8, 4) is 0 Å². The molecule has 2 aromatic rings. The lowest BCUT2D eigenvalue weighted by Gasteiger charge is -2.20. The molecule has 0 aromatic carbocycles. The number of aliphatic carboxylic acids is 1. The van der Waals surface area contributed by atoms with Gasteiger partial charge < -0.3 is 9.90 Å². The molecule has 0 bridgehead atoms. The van der Waals surface area contributed by atoms with Crippen LogP contribution in [0.15, 0.2) is 27.8 Å². The normalized spacial score (nSPS) is 16.2. The molecule has 0 radical (unpaired) electrons. The predicted octanol–water partition coefficient (Wildman–Crippen LogP) is 2.11. The van der Waals surface area contributed by atoms with E-state index in [4.69, 9.17) is 0 Å². The molecule has 0 spiro atoms. The molecule has 2 aromatic heterocycles. The lowest BCUT2D eigenvalue weighted by Crippen LogP contribution is -2.24. The van der Waals surface area contributed by atoms with Crippen LogP contribution in [0.1, 0.15) is 48.7 Å². The van der Waals surface area contributed by atoms with Crippen LogP contribution in [0.3, 0.4) is 0 Å². The topological polar surface area (TPSA) is 83.2 Å². The molecule has 23 heavy (non-hydrogen) atoms. The number of carbonyl (C=O) groups excluding carboxylic acids is 1. The van der Waals surface area contributed by atoms with Crippen molar-refractivity contribution in [1.29, 1.82) is 0 Å². The molecule has 0 amide bonds. The molecule has 3 rings (SSSR count). The summed E-state index contributed by atoms with van der Waals surface area (Å²) in [5, 5.41) is 26.1. The maximum Gasteiger partial charge on any atom is 0.212 e. The summed E-state index contributed by atoms with van der Waals surface area (Å²) in [5.41, 5.74) is 0. The van der Waals surface area contributed by atoms with Crippen LogP contribution in [0.25, 0.3) is 0 Å². The fraction of sp³-hybridized carbons (Fsp3) is 0.467. The highest BCUT2D eigenvalue weighted by Crippen LogP contribution is 2.33. The number of thiophene rings is 1. The number of carboxylic acids is 1. The molecule has 1 aliphatic carbocycles. The SMILES string of the molecule is O=C([O-])CSc1nnc(C2CCCCC2)n1/N=C\c1cccs1. The van der Waals surface area contributed by atoms with Crippen molar-refractivity contribution >= 4 is 35.3 Å². The number of hydrogen-bond donors (Lipinski definition) is 0. The Hall–Kier alpha value is -1.67. The van der Waals surface area contributed by atoms with Crippen LogP contribution in [0, 0.1) is 0 Å². The van der Waals surface area contributed by atoms with Gasteiger partial charge in [-0.25, -0.2) is 0 Å². The number of rotatable bonds is 6. The Morgan fingerprint density at radius 3 is 2.96 bits per heavy atom. The molecule has 0 aliphatic heterocycles. The van der Waals surface area contributed by atoms with Crippen molar-refractivity contribution in [2.75, 3.05) is 5.75 Å². The highest BCUT2D eigenvalue weighted by Gasteiger charge is 2.23. The molecule has 1 aliphatic rings. The maximum atomic E-state index is 10.7. The van der Waals surface area contributed by atoms with E-state index in [-0.39, 0.29) is 5.75 Å². The van der Waals surface area contributed by atoms with E-state index in [0.717, 1.165) is 35.3 Å². The Kier molecular flexibility index (Phi) is 5.45. The molecule has 0 saturated heterocycles. The molecular formula is C15H17N4O2S2-. The van der Waals surface area contributed by atoms with E-state index >= 15 is 0 Å². The minimum atomic E-state index is -1.12. The average molecular weight is 349 g/mol. The summed E-state index contributed by atoms with van der Waals surface area (Å²) < 4.78 is 1.70. The van der Waals surface area contributed by atoms with E-state index in [1.54, 1.807) is 22.2 Å². The van der Waals surface area contributed by atoms with Crippen molar-refractivity contribution in [2.45, 2.75) is 43.2 Å². The van der Waals surface area contributed by atoms with Gasteiger partial charge in [0, 0.05) is 16.5 Å². The van der Waals surface area contributed by atoms with Crippen molar-refractivity contribution < 1.29 is 9.90 Å².